The summed E-state index contributed by atoms with van der Waals surface area (Å²) >= 11 is 1.37. The van der Waals surface area contributed by atoms with Crippen molar-refractivity contribution in [2.75, 3.05) is 36.4 Å². The number of aromatic nitrogens is 2. The highest BCUT2D eigenvalue weighted by Crippen LogP contribution is 2.43. The van der Waals surface area contributed by atoms with Gasteiger partial charge >= 0.3 is 0 Å². The Balaban J connectivity index is 1.15. The molecule has 2 saturated heterocycles. The number of rotatable bonds is 6. The van der Waals surface area contributed by atoms with Gasteiger partial charge in [0.15, 0.2) is 0 Å². The minimum atomic E-state index is -3.57. The van der Waals surface area contributed by atoms with Crippen LogP contribution < -0.4 is 10.2 Å². The third kappa shape index (κ3) is 5.07. The number of carbonyl (C=O) groups excluding carboxylic acids is 1. The van der Waals surface area contributed by atoms with Crippen molar-refractivity contribution in [2.45, 2.75) is 31.1 Å². The SMILES string of the molecule is CC(=O)Nc1ccc(S(=O)(=O)N2CCC3(CC2)CN(c2nc(Cc4ccc(F)cc4)ns2)C3)cc1. The lowest BCUT2D eigenvalue weighted by molar-refractivity contribution is -0.114. The predicted octanol–water partition coefficient (Wildman–Crippen LogP) is 3.52. The molecular weight excluding hydrogens is 489 g/mol. The van der Waals surface area contributed by atoms with E-state index in [2.05, 4.69) is 19.6 Å². The van der Waals surface area contributed by atoms with Gasteiger partial charge in [-0.2, -0.15) is 8.68 Å². The van der Waals surface area contributed by atoms with Crippen molar-refractivity contribution in [1.29, 1.82) is 0 Å². The van der Waals surface area contributed by atoms with Crippen molar-refractivity contribution in [1.82, 2.24) is 13.7 Å². The molecule has 184 valence electrons. The second-order valence-corrected chi connectivity index (χ2v) is 11.9. The Morgan fingerprint density at radius 1 is 1.09 bits per heavy atom. The van der Waals surface area contributed by atoms with E-state index < -0.39 is 10.0 Å². The zero-order chi connectivity index (χ0) is 24.6. The monoisotopic (exact) mass is 515 g/mol. The Morgan fingerprint density at radius 2 is 1.74 bits per heavy atom. The molecule has 1 N–H and O–H groups in total. The zero-order valence-corrected chi connectivity index (χ0v) is 20.9. The fourth-order valence-electron chi connectivity index (χ4n) is 4.71. The molecule has 2 aromatic carbocycles. The Bertz CT molecular complexity index is 1310. The maximum atomic E-state index is 13.1. The maximum absolute atomic E-state index is 13.1. The van der Waals surface area contributed by atoms with Crippen molar-refractivity contribution in [2.24, 2.45) is 5.41 Å². The van der Waals surface area contributed by atoms with E-state index in [9.17, 15) is 17.6 Å². The predicted molar refractivity (Wildman–Crippen MR) is 132 cm³/mol. The molecule has 0 bridgehead atoms. The third-order valence-corrected chi connectivity index (χ3v) is 9.38. The maximum Gasteiger partial charge on any atom is 0.243 e. The summed E-state index contributed by atoms with van der Waals surface area (Å²) < 4.78 is 45.3. The first kappa shape index (κ1) is 23.8. The van der Waals surface area contributed by atoms with Gasteiger partial charge in [0.1, 0.15) is 11.6 Å². The zero-order valence-electron chi connectivity index (χ0n) is 19.3. The Kier molecular flexibility index (Phi) is 6.32. The summed E-state index contributed by atoms with van der Waals surface area (Å²) in [4.78, 5) is 18.3. The smallest absolute Gasteiger partial charge is 0.243 e. The summed E-state index contributed by atoms with van der Waals surface area (Å²) in [7, 11) is -3.57. The van der Waals surface area contributed by atoms with Crippen molar-refractivity contribution in [3.05, 3.63) is 65.7 Å². The molecule has 0 unspecified atom stereocenters. The van der Waals surface area contributed by atoms with E-state index in [1.54, 1.807) is 28.6 Å². The van der Waals surface area contributed by atoms with Gasteiger partial charge in [0.05, 0.1) is 4.90 Å². The Labute approximate surface area is 208 Å². The summed E-state index contributed by atoms with van der Waals surface area (Å²) in [6.45, 7) is 4.06. The minimum absolute atomic E-state index is 0.101. The number of carbonyl (C=O) groups is 1. The number of nitrogens with one attached hydrogen (secondary N) is 1. The lowest BCUT2D eigenvalue weighted by atomic mass is 9.73. The van der Waals surface area contributed by atoms with E-state index in [4.69, 9.17) is 0 Å². The van der Waals surface area contributed by atoms with Crippen LogP contribution in [0.5, 0.6) is 0 Å². The standard InChI is InChI=1S/C24H26FN5O3S2/c1-17(31)26-20-6-8-21(9-7-20)35(32,33)30-12-10-24(11-13-30)15-29(16-24)23-27-22(28-34-23)14-18-2-4-19(25)5-3-18/h2-9H,10-16H2,1H3,(H,26,31). The van der Waals surface area contributed by atoms with Gasteiger partial charge in [-0.15, -0.1) is 0 Å². The summed E-state index contributed by atoms with van der Waals surface area (Å²) in [6, 6.07) is 12.7. The average Bonchev–Trinajstić information content (AvgIpc) is 3.27. The first-order valence-corrected chi connectivity index (χ1v) is 13.6. The van der Waals surface area contributed by atoms with E-state index in [0.29, 0.717) is 25.2 Å². The number of benzene rings is 2. The van der Waals surface area contributed by atoms with E-state index in [0.717, 1.165) is 42.5 Å². The molecule has 0 atom stereocenters. The molecule has 1 spiro atoms. The van der Waals surface area contributed by atoms with E-state index in [-0.39, 0.29) is 22.0 Å². The largest absolute Gasteiger partial charge is 0.346 e. The lowest BCUT2D eigenvalue weighted by Crippen LogP contribution is -2.61. The van der Waals surface area contributed by atoms with E-state index in [1.165, 1.54) is 42.7 Å². The van der Waals surface area contributed by atoms with Crippen LogP contribution >= 0.6 is 11.5 Å². The molecule has 2 aliphatic rings. The molecule has 1 aromatic heterocycles. The highest BCUT2D eigenvalue weighted by molar-refractivity contribution is 7.89. The van der Waals surface area contributed by atoms with Crippen LogP contribution in [0.2, 0.25) is 0 Å². The van der Waals surface area contributed by atoms with Crippen molar-refractivity contribution in [3.63, 3.8) is 0 Å². The van der Waals surface area contributed by atoms with Crippen LogP contribution in [0.25, 0.3) is 0 Å². The highest BCUT2D eigenvalue weighted by atomic mass is 32.2. The van der Waals surface area contributed by atoms with Gasteiger partial charge in [0, 0.05) is 62.2 Å². The Hall–Kier alpha value is -2.89. The second-order valence-electron chi connectivity index (χ2n) is 9.26. The van der Waals surface area contributed by atoms with Crippen LogP contribution in [-0.2, 0) is 21.2 Å². The fourth-order valence-corrected chi connectivity index (χ4v) is 6.83. The summed E-state index contributed by atoms with van der Waals surface area (Å²) in [5.41, 5.74) is 1.64. The number of sulfonamides is 1. The van der Waals surface area contributed by atoms with Crippen molar-refractivity contribution in [3.8, 4) is 0 Å². The van der Waals surface area contributed by atoms with Crippen molar-refractivity contribution >= 4 is 38.3 Å². The van der Waals surface area contributed by atoms with Gasteiger partial charge in [0.2, 0.25) is 21.1 Å². The van der Waals surface area contributed by atoms with Gasteiger partial charge in [-0.25, -0.2) is 17.8 Å². The topological polar surface area (TPSA) is 95.5 Å². The van der Waals surface area contributed by atoms with Gasteiger partial charge in [-0.05, 0) is 54.8 Å². The molecular formula is C24H26FN5O3S2. The number of nitrogens with zero attached hydrogens (tertiary/aromatic N) is 4. The van der Waals surface area contributed by atoms with Crippen LogP contribution in [0.4, 0.5) is 15.2 Å². The number of hydrogen-bond acceptors (Lipinski definition) is 7. The van der Waals surface area contributed by atoms with Gasteiger partial charge in [-0.1, -0.05) is 12.1 Å². The molecule has 3 aromatic rings. The molecule has 11 heteroatoms. The molecule has 0 radical (unpaired) electrons. The lowest BCUT2D eigenvalue weighted by Gasteiger charge is -2.53. The first-order chi connectivity index (χ1) is 16.7. The number of anilines is 2. The van der Waals surface area contributed by atoms with Crippen LogP contribution in [-0.4, -0.2) is 54.2 Å². The number of hydrogen-bond donors (Lipinski definition) is 1. The molecule has 8 nitrogen and oxygen atoms in total. The quantitative estimate of drug-likeness (QED) is 0.540. The third-order valence-electron chi connectivity index (χ3n) is 6.65. The van der Waals surface area contributed by atoms with E-state index >= 15 is 0 Å². The minimum Gasteiger partial charge on any atom is -0.346 e. The van der Waals surface area contributed by atoms with Crippen LogP contribution in [0.3, 0.4) is 0 Å². The van der Waals surface area contributed by atoms with E-state index in [1.807, 2.05) is 0 Å². The molecule has 2 fully saturated rings. The van der Waals surface area contributed by atoms with Crippen LogP contribution in [0.15, 0.2) is 53.4 Å². The second kappa shape index (κ2) is 9.29. The van der Waals surface area contributed by atoms with Gasteiger partial charge in [-0.3, -0.25) is 4.79 Å². The van der Waals surface area contributed by atoms with Gasteiger partial charge < -0.3 is 10.2 Å². The van der Waals surface area contributed by atoms with Gasteiger partial charge in [0.25, 0.3) is 0 Å². The summed E-state index contributed by atoms with van der Waals surface area (Å²) in [5.74, 6) is 0.266. The average molecular weight is 516 g/mol. The molecule has 3 heterocycles. The molecule has 35 heavy (non-hydrogen) atoms. The van der Waals surface area contributed by atoms with Crippen LogP contribution in [0, 0.1) is 11.2 Å². The summed E-state index contributed by atoms with van der Waals surface area (Å²) in [5, 5.41) is 3.52. The normalized spacial score (nSPS) is 17.8. The fraction of sp³-hybridized carbons (Fsp3) is 0.375. The van der Waals surface area contributed by atoms with Crippen molar-refractivity contribution < 1.29 is 17.6 Å². The summed E-state index contributed by atoms with van der Waals surface area (Å²) in [6.07, 6.45) is 2.16. The first-order valence-electron chi connectivity index (χ1n) is 11.4. The number of halogens is 1. The number of amides is 1. The Morgan fingerprint density at radius 3 is 2.37 bits per heavy atom. The molecule has 1 amide bonds. The number of piperidine rings is 1. The molecule has 0 aliphatic carbocycles. The molecule has 0 saturated carbocycles. The van der Waals surface area contributed by atoms with Crippen LogP contribution in [0.1, 0.15) is 31.2 Å². The highest BCUT2D eigenvalue weighted by Gasteiger charge is 2.47. The molecule has 2 aliphatic heterocycles. The molecule has 5 rings (SSSR count).